The lowest BCUT2D eigenvalue weighted by Gasteiger charge is -2.31. The van der Waals surface area contributed by atoms with Crippen molar-refractivity contribution in [3.63, 3.8) is 0 Å². The lowest BCUT2D eigenvalue weighted by Crippen LogP contribution is -2.46. The summed E-state index contributed by atoms with van der Waals surface area (Å²) in [5.41, 5.74) is -0.200. The monoisotopic (exact) mass is 493 g/mol. The Balaban J connectivity index is 1.39. The fourth-order valence-corrected chi connectivity index (χ4v) is 5.29. The van der Waals surface area contributed by atoms with Crippen LogP contribution in [0.4, 0.5) is 5.82 Å². The van der Waals surface area contributed by atoms with Gasteiger partial charge in [0.15, 0.2) is 0 Å². The van der Waals surface area contributed by atoms with Crippen LogP contribution in [0.25, 0.3) is 10.8 Å². The first-order valence-electron chi connectivity index (χ1n) is 11.1. The molecule has 10 nitrogen and oxygen atoms in total. The highest BCUT2D eigenvalue weighted by Crippen LogP contribution is 2.26. The summed E-state index contributed by atoms with van der Waals surface area (Å²) in [6, 6.07) is 14.4. The average molecular weight is 494 g/mol. The molecule has 0 bridgehead atoms. The van der Waals surface area contributed by atoms with Crippen molar-refractivity contribution in [2.45, 2.75) is 11.4 Å². The molecule has 35 heavy (non-hydrogen) atoms. The number of aromatic amines is 1. The van der Waals surface area contributed by atoms with Crippen molar-refractivity contribution in [1.29, 1.82) is 0 Å². The van der Waals surface area contributed by atoms with Crippen LogP contribution < -0.4 is 25.6 Å². The average Bonchev–Trinajstić information content (AvgIpc) is 2.86. The first kappa shape index (κ1) is 22.8. The van der Waals surface area contributed by atoms with Crippen LogP contribution in [0.2, 0.25) is 0 Å². The molecule has 4 aromatic rings. The fourth-order valence-electron chi connectivity index (χ4n) is 4.13. The third-order valence-corrected chi connectivity index (χ3v) is 7.14. The van der Waals surface area contributed by atoms with Gasteiger partial charge in [-0.05, 0) is 29.8 Å². The van der Waals surface area contributed by atoms with E-state index < -0.39 is 21.4 Å². The maximum absolute atomic E-state index is 13.0. The molecule has 11 heteroatoms. The Morgan fingerprint density at radius 2 is 1.77 bits per heavy atom. The molecule has 0 aliphatic carbocycles. The summed E-state index contributed by atoms with van der Waals surface area (Å²) in [4.78, 5) is 32.9. The van der Waals surface area contributed by atoms with Crippen LogP contribution >= 0.6 is 0 Å². The summed E-state index contributed by atoms with van der Waals surface area (Å²) >= 11 is 0. The Morgan fingerprint density at radius 3 is 2.54 bits per heavy atom. The molecule has 0 amide bonds. The number of anilines is 1. The van der Waals surface area contributed by atoms with Gasteiger partial charge in [0.25, 0.3) is 5.56 Å². The summed E-state index contributed by atoms with van der Waals surface area (Å²) in [7, 11) is -4.08. The minimum absolute atomic E-state index is 0.0573. The second-order valence-corrected chi connectivity index (χ2v) is 9.67. The van der Waals surface area contributed by atoms with E-state index in [1.54, 1.807) is 48.7 Å². The van der Waals surface area contributed by atoms with Gasteiger partial charge in [-0.15, -0.1) is 0 Å². The number of H-pyrrole nitrogens is 1. The Kier molecular flexibility index (Phi) is 6.10. The van der Waals surface area contributed by atoms with E-state index in [0.29, 0.717) is 29.7 Å². The number of piperazine rings is 1. The summed E-state index contributed by atoms with van der Waals surface area (Å²) in [5, 5.41) is 4.47. The molecule has 180 valence electrons. The minimum atomic E-state index is -4.08. The van der Waals surface area contributed by atoms with Crippen molar-refractivity contribution in [1.82, 2.24) is 19.9 Å². The summed E-state index contributed by atoms with van der Waals surface area (Å²) in [6.07, 6.45) is 3.13. The molecule has 1 aliphatic heterocycles. The molecule has 0 radical (unpaired) electrons. The van der Waals surface area contributed by atoms with E-state index in [0.717, 1.165) is 18.7 Å². The molecular formula is C24H23N5O5S. The summed E-state index contributed by atoms with van der Waals surface area (Å²) in [6.45, 7) is 3.08. The maximum Gasteiger partial charge on any atom is 0.339 e. The van der Waals surface area contributed by atoms with Gasteiger partial charge in [0.05, 0.1) is 6.54 Å². The fraction of sp³-hybridized carbons (Fsp3) is 0.208. The lowest BCUT2D eigenvalue weighted by atomic mass is 10.2. The van der Waals surface area contributed by atoms with E-state index >= 15 is 0 Å². The van der Waals surface area contributed by atoms with E-state index in [4.69, 9.17) is 4.18 Å². The second kappa shape index (κ2) is 9.35. The molecule has 2 aromatic carbocycles. The Morgan fingerprint density at radius 1 is 1.00 bits per heavy atom. The van der Waals surface area contributed by atoms with Gasteiger partial charge in [0.1, 0.15) is 16.5 Å². The number of hydrogen-bond donors (Lipinski definition) is 2. The number of benzene rings is 2. The molecular weight excluding hydrogens is 470 g/mol. The van der Waals surface area contributed by atoms with Crippen LogP contribution in [0, 0.1) is 0 Å². The van der Waals surface area contributed by atoms with Gasteiger partial charge >= 0.3 is 15.8 Å². The highest BCUT2D eigenvalue weighted by molar-refractivity contribution is 7.87. The Bertz CT molecular complexity index is 1580. The van der Waals surface area contributed by atoms with Crippen molar-refractivity contribution in [2.75, 3.05) is 31.1 Å². The number of pyridine rings is 1. The van der Waals surface area contributed by atoms with Crippen molar-refractivity contribution in [3.05, 3.63) is 93.4 Å². The molecule has 2 N–H and O–H groups in total. The van der Waals surface area contributed by atoms with E-state index in [1.165, 1.54) is 22.9 Å². The van der Waals surface area contributed by atoms with Crippen molar-refractivity contribution in [3.8, 4) is 5.75 Å². The van der Waals surface area contributed by atoms with Gasteiger partial charge in [0, 0.05) is 55.4 Å². The van der Waals surface area contributed by atoms with Crippen LogP contribution in [0.3, 0.4) is 0 Å². The van der Waals surface area contributed by atoms with Gasteiger partial charge in [-0.1, -0.05) is 24.3 Å². The third-order valence-electron chi connectivity index (χ3n) is 5.83. The van der Waals surface area contributed by atoms with Crippen LogP contribution in [-0.2, 0) is 16.7 Å². The topological polar surface area (TPSA) is 126 Å². The lowest BCUT2D eigenvalue weighted by molar-refractivity contribution is 0.487. The maximum atomic E-state index is 13.0. The number of nitrogens with one attached hydrogen (secondary N) is 2. The molecule has 2 aromatic heterocycles. The Labute approximate surface area is 200 Å². The SMILES string of the molecule is O=c1cc(N2CCNCC2)n(Cc2ccc(OS(=O)(=O)c3cccc4cnccc34)cc2)c(=O)[nH]1. The number of hydrogen-bond acceptors (Lipinski definition) is 8. The van der Waals surface area contributed by atoms with Crippen LogP contribution in [0.1, 0.15) is 5.56 Å². The normalized spacial score (nSPS) is 14.2. The van der Waals surface area contributed by atoms with E-state index in [2.05, 4.69) is 15.3 Å². The van der Waals surface area contributed by atoms with Gasteiger partial charge in [-0.3, -0.25) is 19.3 Å². The summed E-state index contributed by atoms with van der Waals surface area (Å²) < 4.78 is 32.8. The van der Waals surface area contributed by atoms with Crippen LogP contribution in [0.5, 0.6) is 5.75 Å². The number of rotatable bonds is 6. The largest absolute Gasteiger partial charge is 0.379 e. The number of fused-ring (bicyclic) bond motifs is 1. The molecule has 5 rings (SSSR count). The standard InChI is InChI=1S/C24H23N5O5S/c30-22-14-23(28-12-10-25-11-13-28)29(24(31)27-22)16-17-4-6-19(7-5-17)34-35(32,33)21-3-1-2-18-15-26-9-8-20(18)21/h1-9,14-15,25H,10-13,16H2,(H,27,30,31). The third kappa shape index (κ3) is 4.81. The van der Waals surface area contributed by atoms with Gasteiger partial charge < -0.3 is 14.4 Å². The number of aromatic nitrogens is 3. The van der Waals surface area contributed by atoms with Crippen LogP contribution in [0.15, 0.2) is 81.5 Å². The van der Waals surface area contributed by atoms with Gasteiger partial charge in [0.2, 0.25) is 0 Å². The van der Waals surface area contributed by atoms with E-state index in [-0.39, 0.29) is 17.2 Å². The highest BCUT2D eigenvalue weighted by Gasteiger charge is 2.20. The highest BCUT2D eigenvalue weighted by atomic mass is 32.2. The Hall–Kier alpha value is -3.96. The van der Waals surface area contributed by atoms with E-state index in [9.17, 15) is 18.0 Å². The zero-order chi connectivity index (χ0) is 24.4. The molecule has 0 saturated carbocycles. The molecule has 0 unspecified atom stereocenters. The predicted molar refractivity (Wildman–Crippen MR) is 132 cm³/mol. The zero-order valence-corrected chi connectivity index (χ0v) is 19.5. The first-order chi connectivity index (χ1) is 16.9. The van der Waals surface area contributed by atoms with Gasteiger partial charge in [-0.2, -0.15) is 8.42 Å². The smallest absolute Gasteiger partial charge is 0.339 e. The molecule has 1 fully saturated rings. The van der Waals surface area contributed by atoms with Crippen molar-refractivity contribution >= 4 is 26.7 Å². The molecule has 1 aliphatic rings. The van der Waals surface area contributed by atoms with Gasteiger partial charge in [-0.25, -0.2) is 4.79 Å². The summed E-state index contributed by atoms with van der Waals surface area (Å²) in [5.74, 6) is 0.699. The number of nitrogens with zero attached hydrogens (tertiary/aromatic N) is 3. The molecule has 3 heterocycles. The van der Waals surface area contributed by atoms with Crippen molar-refractivity contribution in [2.24, 2.45) is 0 Å². The zero-order valence-electron chi connectivity index (χ0n) is 18.7. The molecule has 0 spiro atoms. The first-order valence-corrected chi connectivity index (χ1v) is 12.5. The van der Waals surface area contributed by atoms with Crippen LogP contribution in [-0.4, -0.2) is 49.1 Å². The second-order valence-electron chi connectivity index (χ2n) is 8.15. The minimum Gasteiger partial charge on any atom is -0.379 e. The molecule has 1 saturated heterocycles. The predicted octanol–water partition coefficient (Wildman–Crippen LogP) is 1.31. The molecule has 0 atom stereocenters. The van der Waals surface area contributed by atoms with Crippen molar-refractivity contribution < 1.29 is 12.6 Å². The quantitative estimate of drug-likeness (QED) is 0.385. The van der Waals surface area contributed by atoms with E-state index in [1.807, 2.05) is 4.90 Å².